The molecular weight excluding hydrogens is 302 g/mol. The number of nitrogens with one attached hydrogen (secondary N) is 3. The number of rotatable bonds is 5. The van der Waals surface area contributed by atoms with Crippen LogP contribution in [0.2, 0.25) is 0 Å². The molecule has 1 aliphatic rings. The van der Waals surface area contributed by atoms with E-state index in [0.717, 1.165) is 0 Å². The normalized spacial score (nSPS) is 13.4. The van der Waals surface area contributed by atoms with Crippen LogP contribution in [0.15, 0.2) is 18.2 Å². The van der Waals surface area contributed by atoms with E-state index in [0.29, 0.717) is 23.5 Å². The molecule has 2 rings (SSSR count). The Bertz CT molecular complexity index is 642. The summed E-state index contributed by atoms with van der Waals surface area (Å²) in [6.07, 6.45) is 0.262. The van der Waals surface area contributed by atoms with Crippen LogP contribution in [0.5, 0.6) is 5.75 Å². The van der Waals surface area contributed by atoms with Crippen molar-refractivity contribution in [3.8, 4) is 5.75 Å². The minimum Gasteiger partial charge on any atom is -0.481 e. The summed E-state index contributed by atoms with van der Waals surface area (Å²) in [5, 5.41) is 16.7. The Morgan fingerprint density at radius 3 is 2.83 bits per heavy atom. The molecule has 0 fully saturated rings. The number of ether oxygens (including phenoxy) is 1. The number of para-hydroxylation sites is 1. The number of aliphatic carboxylic acids is 1. The van der Waals surface area contributed by atoms with Gasteiger partial charge in [0, 0.05) is 12.0 Å². The predicted molar refractivity (Wildman–Crippen MR) is 83.7 cm³/mol. The first kappa shape index (κ1) is 16.6. The van der Waals surface area contributed by atoms with Crippen molar-refractivity contribution in [1.29, 1.82) is 0 Å². The van der Waals surface area contributed by atoms with Crippen LogP contribution in [0, 0.1) is 0 Å². The molecule has 0 saturated heterocycles. The molecule has 8 heteroatoms. The summed E-state index contributed by atoms with van der Waals surface area (Å²) in [4.78, 5) is 34.0. The van der Waals surface area contributed by atoms with Crippen molar-refractivity contribution < 1.29 is 24.2 Å². The number of amides is 3. The summed E-state index contributed by atoms with van der Waals surface area (Å²) in [5.41, 5.74) is 0.241. The SMILES string of the molecule is CC(C)(CCC(=O)O)NC(=O)Nc1cccc2c1OCC(=O)N2. The maximum atomic E-state index is 12.1. The highest BCUT2D eigenvalue weighted by Crippen LogP contribution is 2.35. The second-order valence-electron chi connectivity index (χ2n) is 5.88. The van der Waals surface area contributed by atoms with E-state index in [1.54, 1.807) is 32.0 Å². The third kappa shape index (κ3) is 4.60. The van der Waals surface area contributed by atoms with Crippen LogP contribution in [-0.2, 0) is 9.59 Å². The number of anilines is 2. The Kier molecular flexibility index (Phi) is 4.73. The minimum absolute atomic E-state index is 0.0385. The van der Waals surface area contributed by atoms with Gasteiger partial charge in [0.15, 0.2) is 12.4 Å². The highest BCUT2D eigenvalue weighted by Gasteiger charge is 2.24. The lowest BCUT2D eigenvalue weighted by Crippen LogP contribution is -2.45. The Morgan fingerprint density at radius 1 is 1.39 bits per heavy atom. The monoisotopic (exact) mass is 321 g/mol. The number of benzene rings is 1. The van der Waals surface area contributed by atoms with Crippen molar-refractivity contribution >= 4 is 29.3 Å². The fraction of sp³-hybridized carbons (Fsp3) is 0.400. The van der Waals surface area contributed by atoms with E-state index in [4.69, 9.17) is 9.84 Å². The first-order valence-electron chi connectivity index (χ1n) is 7.13. The summed E-state index contributed by atoms with van der Waals surface area (Å²) in [6, 6.07) is 4.53. The van der Waals surface area contributed by atoms with Gasteiger partial charge >= 0.3 is 12.0 Å². The highest BCUT2D eigenvalue weighted by atomic mass is 16.5. The van der Waals surface area contributed by atoms with Crippen molar-refractivity contribution in [3.63, 3.8) is 0 Å². The van der Waals surface area contributed by atoms with Gasteiger partial charge in [0.05, 0.1) is 11.4 Å². The molecule has 0 spiro atoms. The lowest BCUT2D eigenvalue weighted by Gasteiger charge is -2.26. The second-order valence-corrected chi connectivity index (χ2v) is 5.88. The molecule has 0 aromatic heterocycles. The largest absolute Gasteiger partial charge is 0.481 e. The van der Waals surface area contributed by atoms with E-state index in [1.165, 1.54) is 0 Å². The second kappa shape index (κ2) is 6.55. The summed E-state index contributed by atoms with van der Waals surface area (Å²) in [5.74, 6) is -0.777. The number of urea groups is 1. The van der Waals surface area contributed by atoms with Crippen LogP contribution >= 0.6 is 0 Å². The number of hydrogen-bond acceptors (Lipinski definition) is 4. The maximum absolute atomic E-state index is 12.1. The molecule has 0 radical (unpaired) electrons. The third-order valence-corrected chi connectivity index (χ3v) is 3.30. The maximum Gasteiger partial charge on any atom is 0.319 e. The van der Waals surface area contributed by atoms with Crippen LogP contribution in [0.4, 0.5) is 16.2 Å². The molecule has 1 aliphatic heterocycles. The lowest BCUT2D eigenvalue weighted by atomic mass is 9.99. The molecule has 3 amide bonds. The molecule has 1 aromatic rings. The van der Waals surface area contributed by atoms with Gasteiger partial charge in [-0.2, -0.15) is 0 Å². The molecule has 8 nitrogen and oxygen atoms in total. The van der Waals surface area contributed by atoms with Gasteiger partial charge in [-0.25, -0.2) is 4.79 Å². The van der Waals surface area contributed by atoms with Crippen molar-refractivity contribution in [3.05, 3.63) is 18.2 Å². The van der Waals surface area contributed by atoms with Crippen LogP contribution in [0.1, 0.15) is 26.7 Å². The summed E-state index contributed by atoms with van der Waals surface area (Å²) < 4.78 is 5.34. The molecule has 0 saturated carbocycles. The number of carbonyl (C=O) groups excluding carboxylic acids is 2. The van der Waals surface area contributed by atoms with Crippen molar-refractivity contribution in [2.24, 2.45) is 0 Å². The molecule has 23 heavy (non-hydrogen) atoms. The Labute approximate surface area is 133 Å². The van der Waals surface area contributed by atoms with Crippen molar-refractivity contribution in [2.45, 2.75) is 32.2 Å². The van der Waals surface area contributed by atoms with Crippen LogP contribution in [0.25, 0.3) is 0 Å². The molecule has 124 valence electrons. The number of carbonyl (C=O) groups is 3. The molecular formula is C15H19N3O5. The average Bonchev–Trinajstić information content (AvgIpc) is 2.44. The predicted octanol–water partition coefficient (Wildman–Crippen LogP) is 1.78. The Hall–Kier alpha value is -2.77. The number of fused-ring (bicyclic) bond motifs is 1. The Balaban J connectivity index is 2.02. The van der Waals surface area contributed by atoms with E-state index in [1.807, 2.05) is 0 Å². The van der Waals surface area contributed by atoms with E-state index in [2.05, 4.69) is 16.0 Å². The van der Waals surface area contributed by atoms with Gasteiger partial charge in [0.25, 0.3) is 5.91 Å². The zero-order chi connectivity index (χ0) is 17.0. The van der Waals surface area contributed by atoms with Crippen molar-refractivity contribution in [2.75, 3.05) is 17.2 Å². The summed E-state index contributed by atoms with van der Waals surface area (Å²) >= 11 is 0. The van der Waals surface area contributed by atoms with Crippen molar-refractivity contribution in [1.82, 2.24) is 5.32 Å². The smallest absolute Gasteiger partial charge is 0.319 e. The van der Waals surface area contributed by atoms with E-state index >= 15 is 0 Å². The quantitative estimate of drug-likeness (QED) is 0.659. The summed E-state index contributed by atoms with van der Waals surface area (Å²) in [7, 11) is 0. The molecule has 0 bridgehead atoms. The topological polar surface area (TPSA) is 117 Å². The summed E-state index contributed by atoms with van der Waals surface area (Å²) in [6.45, 7) is 3.37. The van der Waals surface area contributed by atoms with Gasteiger partial charge in [0.2, 0.25) is 0 Å². The first-order chi connectivity index (χ1) is 10.8. The fourth-order valence-electron chi connectivity index (χ4n) is 2.16. The van der Waals surface area contributed by atoms with E-state index < -0.39 is 17.5 Å². The number of carboxylic acid groups (broad SMARTS) is 1. The van der Waals surface area contributed by atoms with Gasteiger partial charge in [-0.05, 0) is 32.4 Å². The first-order valence-corrected chi connectivity index (χ1v) is 7.13. The number of carboxylic acids is 1. The van der Waals surface area contributed by atoms with Gasteiger partial charge in [-0.15, -0.1) is 0 Å². The molecule has 1 aromatic carbocycles. The molecule has 4 N–H and O–H groups in total. The molecule has 1 heterocycles. The zero-order valence-corrected chi connectivity index (χ0v) is 12.9. The van der Waals surface area contributed by atoms with Gasteiger partial charge in [-0.3, -0.25) is 9.59 Å². The van der Waals surface area contributed by atoms with Gasteiger partial charge in [0.1, 0.15) is 0 Å². The Morgan fingerprint density at radius 2 is 2.13 bits per heavy atom. The standard InChI is InChI=1S/C15H19N3O5/c1-15(2,7-6-12(20)21)18-14(22)17-10-5-3-4-9-13(10)23-8-11(19)16-9/h3-5H,6-8H2,1-2H3,(H,16,19)(H,20,21)(H2,17,18,22). The van der Waals surface area contributed by atoms with Gasteiger partial charge < -0.3 is 25.8 Å². The minimum atomic E-state index is -0.915. The zero-order valence-electron chi connectivity index (χ0n) is 12.9. The van der Waals surface area contributed by atoms with E-state index in [9.17, 15) is 14.4 Å². The van der Waals surface area contributed by atoms with E-state index in [-0.39, 0.29) is 18.9 Å². The lowest BCUT2D eigenvalue weighted by molar-refractivity contribution is -0.137. The third-order valence-electron chi connectivity index (χ3n) is 3.30. The molecule has 0 unspecified atom stereocenters. The van der Waals surface area contributed by atoms with Crippen LogP contribution in [0.3, 0.4) is 0 Å². The fourth-order valence-corrected chi connectivity index (χ4v) is 2.16. The highest BCUT2D eigenvalue weighted by molar-refractivity contribution is 5.99. The van der Waals surface area contributed by atoms with Crippen LogP contribution in [-0.4, -0.2) is 35.2 Å². The average molecular weight is 321 g/mol. The molecule has 0 aliphatic carbocycles. The van der Waals surface area contributed by atoms with Gasteiger partial charge in [-0.1, -0.05) is 6.07 Å². The number of hydrogen-bond donors (Lipinski definition) is 4. The molecule has 0 atom stereocenters. The van der Waals surface area contributed by atoms with Crippen LogP contribution < -0.4 is 20.7 Å².